The predicted molar refractivity (Wildman–Crippen MR) is 117 cm³/mol. The van der Waals surface area contributed by atoms with E-state index in [0.717, 1.165) is 22.9 Å². The van der Waals surface area contributed by atoms with Crippen LogP contribution in [0.3, 0.4) is 0 Å². The summed E-state index contributed by atoms with van der Waals surface area (Å²) in [6.07, 6.45) is 1.83. The van der Waals surface area contributed by atoms with E-state index in [4.69, 9.17) is 9.47 Å². The first-order valence-electron chi connectivity index (χ1n) is 9.65. The summed E-state index contributed by atoms with van der Waals surface area (Å²) in [4.78, 5) is 23.0. The van der Waals surface area contributed by atoms with E-state index in [-0.39, 0.29) is 29.2 Å². The highest BCUT2D eigenvalue weighted by Crippen LogP contribution is 2.33. The van der Waals surface area contributed by atoms with Gasteiger partial charge in [0.2, 0.25) is 5.91 Å². The number of anilines is 1. The molecule has 2 aromatic rings. The molecule has 0 radical (unpaired) electrons. The number of nitro benzene ring substituents is 1. The maximum absolute atomic E-state index is 12.5. The Morgan fingerprint density at radius 2 is 2.03 bits per heavy atom. The normalized spacial score (nSPS) is 15.4. The highest BCUT2D eigenvalue weighted by atomic mass is 79.9. The molecule has 0 aliphatic carbocycles. The Hall–Kier alpha value is -2.49. The summed E-state index contributed by atoms with van der Waals surface area (Å²) in [6, 6.07) is 12.3. The smallest absolute Gasteiger partial charge is 0.271 e. The quantitative estimate of drug-likeness (QED) is 0.440. The van der Waals surface area contributed by atoms with Gasteiger partial charge in [0.25, 0.3) is 5.69 Å². The Kier molecular flexibility index (Phi) is 7.41. The molecule has 0 saturated carbocycles. The van der Waals surface area contributed by atoms with Crippen LogP contribution < -0.4 is 15.4 Å². The van der Waals surface area contributed by atoms with Crippen molar-refractivity contribution in [2.75, 3.05) is 32.2 Å². The molecule has 30 heavy (non-hydrogen) atoms. The van der Waals surface area contributed by atoms with Crippen LogP contribution in [0.25, 0.3) is 0 Å². The third-order valence-corrected chi connectivity index (χ3v) is 5.70. The molecule has 0 spiro atoms. The number of methoxy groups -OCH3 is 1. The monoisotopic (exact) mass is 477 g/mol. The summed E-state index contributed by atoms with van der Waals surface area (Å²) in [5.41, 5.74) is 1.07. The zero-order valence-corrected chi connectivity index (χ0v) is 18.2. The number of halogens is 1. The molecule has 9 heteroatoms. The van der Waals surface area contributed by atoms with Crippen molar-refractivity contribution >= 4 is 33.2 Å². The Labute approximate surface area is 183 Å². The highest BCUT2D eigenvalue weighted by molar-refractivity contribution is 9.10. The minimum absolute atomic E-state index is 0.111. The van der Waals surface area contributed by atoms with E-state index in [1.165, 1.54) is 25.3 Å². The first-order valence-corrected chi connectivity index (χ1v) is 10.4. The standard InChI is InChI=1S/C21H24BrN3O5/c1-29-19-6-5-17(25(27)28)14-18(19)24-20(26)7-10-23-21(8-11-30-12-9-21)15-3-2-4-16(22)13-15/h2-6,13-14,23H,7-12H2,1H3,(H,24,26). The van der Waals surface area contributed by atoms with E-state index in [1.54, 1.807) is 0 Å². The summed E-state index contributed by atoms with van der Waals surface area (Å²) < 4.78 is 11.7. The van der Waals surface area contributed by atoms with E-state index in [0.29, 0.717) is 25.5 Å². The third-order valence-electron chi connectivity index (χ3n) is 5.21. The molecule has 1 aliphatic rings. The van der Waals surface area contributed by atoms with Crippen LogP contribution in [0, 0.1) is 10.1 Å². The zero-order valence-electron chi connectivity index (χ0n) is 16.7. The number of hydrogen-bond acceptors (Lipinski definition) is 6. The van der Waals surface area contributed by atoms with Gasteiger partial charge in [0, 0.05) is 48.3 Å². The third kappa shape index (κ3) is 5.35. The van der Waals surface area contributed by atoms with Crippen LogP contribution in [0.1, 0.15) is 24.8 Å². The van der Waals surface area contributed by atoms with Crippen molar-refractivity contribution in [1.82, 2.24) is 5.32 Å². The van der Waals surface area contributed by atoms with E-state index >= 15 is 0 Å². The first kappa shape index (κ1) is 22.2. The Balaban J connectivity index is 1.65. The van der Waals surface area contributed by atoms with Gasteiger partial charge >= 0.3 is 0 Å². The van der Waals surface area contributed by atoms with Gasteiger partial charge in [-0.1, -0.05) is 28.1 Å². The van der Waals surface area contributed by atoms with Crippen molar-refractivity contribution in [1.29, 1.82) is 0 Å². The molecule has 160 valence electrons. The fraction of sp³-hybridized carbons (Fsp3) is 0.381. The number of benzene rings is 2. The average Bonchev–Trinajstić information content (AvgIpc) is 2.74. The minimum Gasteiger partial charge on any atom is -0.495 e. The number of carbonyl (C=O) groups is 1. The fourth-order valence-corrected chi connectivity index (χ4v) is 4.01. The average molecular weight is 478 g/mol. The van der Waals surface area contributed by atoms with Gasteiger partial charge < -0.3 is 20.1 Å². The molecule has 1 aliphatic heterocycles. The van der Waals surface area contributed by atoms with Crippen molar-refractivity contribution in [3.63, 3.8) is 0 Å². The van der Waals surface area contributed by atoms with Crippen LogP contribution in [-0.2, 0) is 15.1 Å². The molecular formula is C21H24BrN3O5. The van der Waals surface area contributed by atoms with Crippen LogP contribution in [0.15, 0.2) is 46.9 Å². The number of non-ortho nitro benzene ring substituents is 1. The molecule has 3 rings (SSSR count). The van der Waals surface area contributed by atoms with Crippen molar-refractivity contribution in [2.24, 2.45) is 0 Å². The van der Waals surface area contributed by atoms with Gasteiger partial charge in [0.15, 0.2) is 0 Å². The molecule has 1 fully saturated rings. The van der Waals surface area contributed by atoms with Gasteiger partial charge in [-0.2, -0.15) is 0 Å². The molecule has 1 amide bonds. The van der Waals surface area contributed by atoms with Crippen LogP contribution >= 0.6 is 15.9 Å². The second kappa shape index (κ2) is 10.0. The number of nitrogens with zero attached hydrogens (tertiary/aromatic N) is 1. The van der Waals surface area contributed by atoms with Gasteiger partial charge in [0.05, 0.1) is 17.7 Å². The van der Waals surface area contributed by atoms with Gasteiger partial charge in [0.1, 0.15) is 5.75 Å². The highest BCUT2D eigenvalue weighted by Gasteiger charge is 2.34. The zero-order chi connectivity index (χ0) is 21.6. The van der Waals surface area contributed by atoms with Crippen molar-refractivity contribution in [2.45, 2.75) is 24.8 Å². The molecule has 0 atom stereocenters. The number of hydrogen-bond donors (Lipinski definition) is 2. The first-order chi connectivity index (χ1) is 14.4. The van der Waals surface area contributed by atoms with Gasteiger partial charge in [-0.25, -0.2) is 0 Å². The lowest BCUT2D eigenvalue weighted by molar-refractivity contribution is -0.384. The van der Waals surface area contributed by atoms with Crippen LogP contribution in [0.5, 0.6) is 5.75 Å². The maximum Gasteiger partial charge on any atom is 0.271 e. The van der Waals surface area contributed by atoms with E-state index in [1.807, 2.05) is 12.1 Å². The number of ether oxygens (including phenoxy) is 2. The van der Waals surface area contributed by atoms with E-state index in [2.05, 4.69) is 38.7 Å². The Morgan fingerprint density at radius 3 is 2.70 bits per heavy atom. The fourth-order valence-electron chi connectivity index (χ4n) is 3.61. The molecule has 1 saturated heterocycles. The summed E-state index contributed by atoms with van der Waals surface area (Å²) in [7, 11) is 1.45. The SMILES string of the molecule is COc1ccc([N+](=O)[O-])cc1NC(=O)CCNC1(c2cccc(Br)c2)CCOCC1. The Bertz CT molecular complexity index is 915. The van der Waals surface area contributed by atoms with Gasteiger partial charge in [-0.15, -0.1) is 0 Å². The molecule has 0 aromatic heterocycles. The lowest BCUT2D eigenvalue weighted by atomic mass is 9.82. The second-order valence-electron chi connectivity index (χ2n) is 7.07. The van der Waals surface area contributed by atoms with E-state index < -0.39 is 4.92 Å². The van der Waals surface area contributed by atoms with Crippen LogP contribution in [0.4, 0.5) is 11.4 Å². The molecule has 2 N–H and O–H groups in total. The number of carbonyl (C=O) groups excluding carboxylic acids is 1. The van der Waals surface area contributed by atoms with Crippen molar-refractivity contribution < 1.29 is 19.2 Å². The predicted octanol–water partition coefficient (Wildman–Crippen LogP) is 3.99. The molecule has 1 heterocycles. The summed E-state index contributed by atoms with van der Waals surface area (Å²) in [5, 5.41) is 17.3. The number of nitrogens with one attached hydrogen (secondary N) is 2. The van der Waals surface area contributed by atoms with Gasteiger partial charge in [-0.05, 0) is 36.6 Å². The van der Waals surface area contributed by atoms with Crippen molar-refractivity contribution in [3.8, 4) is 5.75 Å². The van der Waals surface area contributed by atoms with Gasteiger partial charge in [-0.3, -0.25) is 14.9 Å². The molecule has 0 bridgehead atoms. The largest absolute Gasteiger partial charge is 0.495 e. The molecule has 2 aromatic carbocycles. The van der Waals surface area contributed by atoms with Crippen molar-refractivity contribution in [3.05, 3.63) is 62.6 Å². The molecule has 0 unspecified atom stereocenters. The van der Waals surface area contributed by atoms with E-state index in [9.17, 15) is 14.9 Å². The topological polar surface area (TPSA) is 103 Å². The van der Waals surface area contributed by atoms with Crippen LogP contribution in [-0.4, -0.2) is 37.7 Å². The minimum atomic E-state index is -0.510. The number of rotatable bonds is 8. The van der Waals surface area contributed by atoms with Crippen LogP contribution in [0.2, 0.25) is 0 Å². The number of nitro groups is 1. The summed E-state index contributed by atoms with van der Waals surface area (Å²) in [6.45, 7) is 1.75. The summed E-state index contributed by atoms with van der Waals surface area (Å²) in [5.74, 6) is 0.120. The second-order valence-corrected chi connectivity index (χ2v) is 7.99. The molecular weight excluding hydrogens is 454 g/mol. The maximum atomic E-state index is 12.5. The molecule has 8 nitrogen and oxygen atoms in total. The lowest BCUT2D eigenvalue weighted by Crippen LogP contribution is -2.47. The lowest BCUT2D eigenvalue weighted by Gasteiger charge is -2.39. The Morgan fingerprint density at radius 1 is 1.27 bits per heavy atom. The number of amides is 1. The summed E-state index contributed by atoms with van der Waals surface area (Å²) >= 11 is 3.53.